The van der Waals surface area contributed by atoms with Crippen LogP contribution in [0.1, 0.15) is 0 Å². The Balaban J connectivity index is 1.50. The molecule has 6 heteroatoms. The van der Waals surface area contributed by atoms with Gasteiger partial charge in [-0.25, -0.2) is 4.98 Å². The summed E-state index contributed by atoms with van der Waals surface area (Å²) in [5, 5.41) is 17.5. The van der Waals surface area contributed by atoms with E-state index < -0.39 is 0 Å². The number of rotatable bonds is 5. The molecule has 1 saturated heterocycles. The van der Waals surface area contributed by atoms with Gasteiger partial charge in [-0.05, 0) is 12.1 Å². The molecular weight excluding hydrogens is 272 g/mol. The number of hydrogen-bond donors (Lipinski definition) is 3. The van der Waals surface area contributed by atoms with Crippen LogP contribution in [0, 0.1) is 0 Å². The molecule has 1 fully saturated rings. The first-order valence-electron chi connectivity index (χ1n) is 7.02. The number of piperazine rings is 1. The van der Waals surface area contributed by atoms with E-state index in [0.29, 0.717) is 6.54 Å². The normalized spacial score (nSPS) is 18.2. The minimum Gasteiger partial charge on any atom is -0.390 e. The van der Waals surface area contributed by atoms with Crippen LogP contribution in [-0.2, 0) is 0 Å². The van der Waals surface area contributed by atoms with E-state index in [4.69, 9.17) is 0 Å². The van der Waals surface area contributed by atoms with E-state index in [0.717, 1.165) is 43.4 Å². The zero-order valence-corrected chi connectivity index (χ0v) is 12.2. The van der Waals surface area contributed by atoms with Crippen molar-refractivity contribution in [3.8, 4) is 0 Å². The van der Waals surface area contributed by atoms with Gasteiger partial charge in [0.05, 0.1) is 16.3 Å². The molecule has 1 aliphatic rings. The molecular formula is C14H20N4OS. The molecule has 0 bridgehead atoms. The van der Waals surface area contributed by atoms with Gasteiger partial charge in [0.2, 0.25) is 0 Å². The van der Waals surface area contributed by atoms with Crippen molar-refractivity contribution in [2.24, 2.45) is 0 Å². The fraction of sp³-hybridized carbons (Fsp3) is 0.500. The first kappa shape index (κ1) is 13.8. The van der Waals surface area contributed by atoms with Gasteiger partial charge in [0.15, 0.2) is 5.13 Å². The number of fused-ring (bicyclic) bond motifs is 1. The molecule has 0 amide bonds. The molecule has 2 aromatic rings. The molecule has 1 unspecified atom stereocenters. The molecule has 1 aromatic carbocycles. The zero-order valence-electron chi connectivity index (χ0n) is 11.4. The van der Waals surface area contributed by atoms with Gasteiger partial charge in [0, 0.05) is 39.3 Å². The number of aliphatic hydroxyl groups is 1. The fourth-order valence-electron chi connectivity index (χ4n) is 2.41. The number of nitrogens with one attached hydrogen (secondary N) is 2. The molecule has 3 rings (SSSR count). The Morgan fingerprint density at radius 2 is 2.15 bits per heavy atom. The highest BCUT2D eigenvalue weighted by Crippen LogP contribution is 2.25. The second kappa shape index (κ2) is 6.49. The monoisotopic (exact) mass is 292 g/mol. The van der Waals surface area contributed by atoms with Crippen LogP contribution in [0.4, 0.5) is 5.13 Å². The summed E-state index contributed by atoms with van der Waals surface area (Å²) in [4.78, 5) is 6.80. The number of hydrogen-bond acceptors (Lipinski definition) is 6. The average molecular weight is 292 g/mol. The second-order valence-corrected chi connectivity index (χ2v) is 6.10. The Bertz CT molecular complexity index is 520. The van der Waals surface area contributed by atoms with Gasteiger partial charge in [0.1, 0.15) is 0 Å². The van der Waals surface area contributed by atoms with Crippen LogP contribution in [0.3, 0.4) is 0 Å². The van der Waals surface area contributed by atoms with E-state index >= 15 is 0 Å². The summed E-state index contributed by atoms with van der Waals surface area (Å²) in [5.74, 6) is 0. The third-order valence-corrected chi connectivity index (χ3v) is 4.46. The number of benzene rings is 1. The number of anilines is 1. The molecule has 20 heavy (non-hydrogen) atoms. The highest BCUT2D eigenvalue weighted by atomic mass is 32.1. The molecule has 0 aliphatic carbocycles. The number of β-amino-alcohol motifs (C(OH)–C–C–N with tert-alkyl or cyclic N) is 1. The van der Waals surface area contributed by atoms with Gasteiger partial charge in [-0.15, -0.1) is 0 Å². The molecule has 108 valence electrons. The van der Waals surface area contributed by atoms with E-state index in [1.165, 1.54) is 4.70 Å². The van der Waals surface area contributed by atoms with Crippen LogP contribution in [-0.4, -0.2) is 60.4 Å². The van der Waals surface area contributed by atoms with Crippen LogP contribution in [0.5, 0.6) is 0 Å². The van der Waals surface area contributed by atoms with E-state index in [-0.39, 0.29) is 6.10 Å². The van der Waals surface area contributed by atoms with Gasteiger partial charge in [-0.1, -0.05) is 23.5 Å². The van der Waals surface area contributed by atoms with Crippen molar-refractivity contribution < 1.29 is 5.11 Å². The lowest BCUT2D eigenvalue weighted by atomic mass is 10.3. The predicted octanol–water partition coefficient (Wildman–Crippen LogP) is 0.974. The van der Waals surface area contributed by atoms with Crippen molar-refractivity contribution in [1.29, 1.82) is 0 Å². The van der Waals surface area contributed by atoms with Gasteiger partial charge >= 0.3 is 0 Å². The van der Waals surface area contributed by atoms with Gasteiger partial charge < -0.3 is 15.7 Å². The van der Waals surface area contributed by atoms with Crippen LogP contribution >= 0.6 is 11.3 Å². The Kier molecular flexibility index (Phi) is 4.47. The molecule has 5 nitrogen and oxygen atoms in total. The van der Waals surface area contributed by atoms with E-state index in [2.05, 4.69) is 26.6 Å². The van der Waals surface area contributed by atoms with Crippen molar-refractivity contribution in [3.63, 3.8) is 0 Å². The highest BCUT2D eigenvalue weighted by molar-refractivity contribution is 7.22. The number of nitrogens with zero attached hydrogens (tertiary/aromatic N) is 2. The summed E-state index contributed by atoms with van der Waals surface area (Å²) in [5.41, 5.74) is 1.01. The third kappa shape index (κ3) is 3.46. The minimum absolute atomic E-state index is 0.361. The SMILES string of the molecule is OC(CNc1nc2ccccc2s1)CN1CCNCC1. The van der Waals surface area contributed by atoms with Crippen molar-refractivity contribution >= 4 is 26.7 Å². The molecule has 1 aromatic heterocycles. The molecule has 3 N–H and O–H groups in total. The summed E-state index contributed by atoms with van der Waals surface area (Å²) in [7, 11) is 0. The lowest BCUT2D eigenvalue weighted by molar-refractivity contribution is 0.114. The van der Waals surface area contributed by atoms with Crippen LogP contribution < -0.4 is 10.6 Å². The van der Waals surface area contributed by atoms with Crippen LogP contribution in [0.2, 0.25) is 0 Å². The van der Waals surface area contributed by atoms with E-state index in [1.807, 2.05) is 18.2 Å². The summed E-state index contributed by atoms with van der Waals surface area (Å²) >= 11 is 1.63. The van der Waals surface area contributed by atoms with E-state index in [9.17, 15) is 5.11 Å². The van der Waals surface area contributed by atoms with Crippen molar-refractivity contribution in [3.05, 3.63) is 24.3 Å². The molecule has 0 spiro atoms. The average Bonchev–Trinajstić information content (AvgIpc) is 2.89. The number of aromatic nitrogens is 1. The Hall–Kier alpha value is -1.21. The Morgan fingerprint density at radius 3 is 2.95 bits per heavy atom. The number of thiazole rings is 1. The molecule has 0 saturated carbocycles. The predicted molar refractivity (Wildman–Crippen MR) is 83.4 cm³/mol. The first-order valence-corrected chi connectivity index (χ1v) is 7.83. The van der Waals surface area contributed by atoms with Gasteiger partial charge in [-0.3, -0.25) is 4.90 Å². The highest BCUT2D eigenvalue weighted by Gasteiger charge is 2.14. The largest absolute Gasteiger partial charge is 0.390 e. The standard InChI is InChI=1S/C14H20N4OS/c19-11(10-18-7-5-15-6-8-18)9-16-14-17-12-3-1-2-4-13(12)20-14/h1-4,11,15,19H,5-10H2,(H,16,17). The summed E-state index contributed by atoms with van der Waals surface area (Å²) in [6, 6.07) is 8.08. The topological polar surface area (TPSA) is 60.4 Å². The summed E-state index contributed by atoms with van der Waals surface area (Å²) in [6.45, 7) is 5.32. The van der Waals surface area contributed by atoms with Crippen LogP contribution in [0.15, 0.2) is 24.3 Å². The second-order valence-electron chi connectivity index (χ2n) is 5.07. The molecule has 1 atom stereocenters. The van der Waals surface area contributed by atoms with Crippen molar-refractivity contribution in [2.75, 3.05) is 44.6 Å². The lowest BCUT2D eigenvalue weighted by Crippen LogP contribution is -2.47. The zero-order chi connectivity index (χ0) is 13.8. The quantitative estimate of drug-likeness (QED) is 0.767. The van der Waals surface area contributed by atoms with Crippen LogP contribution in [0.25, 0.3) is 10.2 Å². The number of para-hydroxylation sites is 1. The minimum atomic E-state index is -0.361. The van der Waals surface area contributed by atoms with Gasteiger partial charge in [0.25, 0.3) is 0 Å². The first-order chi connectivity index (χ1) is 9.81. The van der Waals surface area contributed by atoms with Crippen molar-refractivity contribution in [1.82, 2.24) is 15.2 Å². The van der Waals surface area contributed by atoms with E-state index in [1.54, 1.807) is 11.3 Å². The summed E-state index contributed by atoms with van der Waals surface area (Å²) < 4.78 is 1.17. The third-order valence-electron chi connectivity index (χ3n) is 3.46. The fourth-order valence-corrected chi connectivity index (χ4v) is 3.28. The maximum Gasteiger partial charge on any atom is 0.183 e. The Labute approximate surface area is 122 Å². The molecule has 1 aliphatic heterocycles. The molecule has 0 radical (unpaired) electrons. The van der Waals surface area contributed by atoms with Gasteiger partial charge in [-0.2, -0.15) is 0 Å². The number of aliphatic hydroxyl groups excluding tert-OH is 1. The van der Waals surface area contributed by atoms with Crippen molar-refractivity contribution in [2.45, 2.75) is 6.10 Å². The Morgan fingerprint density at radius 1 is 1.35 bits per heavy atom. The molecule has 2 heterocycles. The smallest absolute Gasteiger partial charge is 0.183 e. The lowest BCUT2D eigenvalue weighted by Gasteiger charge is -2.29. The maximum absolute atomic E-state index is 10.1. The summed E-state index contributed by atoms with van der Waals surface area (Å²) in [6.07, 6.45) is -0.361. The maximum atomic E-state index is 10.1.